The third-order valence-corrected chi connectivity index (χ3v) is 4.32. The first-order chi connectivity index (χ1) is 12.5. The molecule has 1 fully saturated rings. The minimum atomic E-state index is -0.477. The Morgan fingerprint density at radius 1 is 1.19 bits per heavy atom. The number of hydrogen-bond donors (Lipinski definition) is 1. The molecule has 1 heterocycles. The van der Waals surface area contributed by atoms with E-state index < -0.39 is 5.97 Å². The molecule has 1 aliphatic rings. The maximum absolute atomic E-state index is 12.7. The number of hydrogen-bond acceptors (Lipinski definition) is 4. The van der Waals surface area contributed by atoms with Crippen molar-refractivity contribution in [2.45, 2.75) is 39.2 Å². The quantitative estimate of drug-likeness (QED) is 0.412. The monoisotopic (exact) mass is 364 g/mol. The summed E-state index contributed by atoms with van der Waals surface area (Å²) < 4.78 is 10.2. The number of piperidine rings is 1. The van der Waals surface area contributed by atoms with Gasteiger partial charge in [0, 0.05) is 24.2 Å². The standard InChI is InChI=1S/C19H28N2O5/c1-16(22)26-15-19(23)20-9-6-12-25-18-8-5-7-17(13-18)14-21(24)10-3-2-4-11-21/h5,7-8,13H,2-4,6,9-12,14-15H2,1H3,(H,20,23)/q+1. The van der Waals surface area contributed by atoms with Crippen LogP contribution in [-0.2, 0) is 26.1 Å². The zero-order chi connectivity index (χ0) is 18.8. The van der Waals surface area contributed by atoms with Gasteiger partial charge in [0.25, 0.3) is 5.91 Å². The predicted octanol–water partition coefficient (Wildman–Crippen LogP) is 1.98. The van der Waals surface area contributed by atoms with Crippen LogP contribution in [0, 0.1) is 0 Å². The molecule has 0 bridgehead atoms. The molecular weight excluding hydrogens is 336 g/mol. The lowest BCUT2D eigenvalue weighted by molar-refractivity contribution is -1.14. The second kappa shape index (κ2) is 10.1. The summed E-state index contributed by atoms with van der Waals surface area (Å²) in [5, 5.41) is 15.3. The Kier molecular flexibility index (Phi) is 7.87. The Morgan fingerprint density at radius 3 is 2.69 bits per heavy atom. The van der Waals surface area contributed by atoms with Crippen molar-refractivity contribution in [1.29, 1.82) is 0 Å². The summed E-state index contributed by atoms with van der Waals surface area (Å²) in [5.74, 6) is -0.0689. The smallest absolute Gasteiger partial charge is 0.303 e. The van der Waals surface area contributed by atoms with E-state index in [0.717, 1.165) is 30.6 Å². The second-order valence-electron chi connectivity index (χ2n) is 6.70. The highest BCUT2D eigenvalue weighted by molar-refractivity contribution is 5.79. The van der Waals surface area contributed by atoms with E-state index in [2.05, 4.69) is 10.1 Å². The van der Waals surface area contributed by atoms with Crippen molar-refractivity contribution in [1.82, 2.24) is 5.32 Å². The molecule has 1 aromatic rings. The number of nitrogens with one attached hydrogen (secondary N) is 1. The van der Waals surface area contributed by atoms with Gasteiger partial charge in [0.05, 0.1) is 6.61 Å². The van der Waals surface area contributed by atoms with Crippen LogP contribution in [0.2, 0.25) is 0 Å². The number of quaternary nitrogens is 1. The van der Waals surface area contributed by atoms with Crippen molar-refractivity contribution in [2.75, 3.05) is 32.8 Å². The Bertz CT molecular complexity index is 599. The number of benzene rings is 1. The molecule has 1 aromatic carbocycles. The van der Waals surface area contributed by atoms with E-state index in [-0.39, 0.29) is 17.2 Å². The van der Waals surface area contributed by atoms with E-state index in [1.807, 2.05) is 24.3 Å². The Morgan fingerprint density at radius 2 is 1.96 bits per heavy atom. The fourth-order valence-electron chi connectivity index (χ4n) is 3.02. The Labute approximate surface area is 154 Å². The number of carbonyl (C=O) groups excluding carboxylic acids is 2. The molecule has 0 aliphatic carbocycles. The van der Waals surface area contributed by atoms with E-state index in [4.69, 9.17) is 4.74 Å². The van der Waals surface area contributed by atoms with Gasteiger partial charge >= 0.3 is 5.97 Å². The lowest BCUT2D eigenvalue weighted by Gasteiger charge is -2.30. The van der Waals surface area contributed by atoms with Gasteiger partial charge in [-0.05, 0) is 37.8 Å². The number of ether oxygens (including phenoxy) is 2. The van der Waals surface area contributed by atoms with Crippen LogP contribution in [0.4, 0.5) is 0 Å². The van der Waals surface area contributed by atoms with Crippen molar-refractivity contribution >= 4 is 11.9 Å². The number of rotatable bonds is 9. The van der Waals surface area contributed by atoms with Crippen LogP contribution in [0.5, 0.6) is 5.75 Å². The van der Waals surface area contributed by atoms with Gasteiger partial charge in [-0.3, -0.25) is 9.59 Å². The Hall–Kier alpha value is -2.12. The van der Waals surface area contributed by atoms with Crippen LogP contribution >= 0.6 is 0 Å². The lowest BCUT2D eigenvalue weighted by Crippen LogP contribution is -2.46. The maximum atomic E-state index is 12.7. The molecule has 1 saturated heterocycles. The van der Waals surface area contributed by atoms with Crippen LogP contribution < -0.4 is 10.1 Å². The highest BCUT2D eigenvalue weighted by Crippen LogP contribution is 2.22. The minimum absolute atomic E-state index is 0.141. The third-order valence-electron chi connectivity index (χ3n) is 4.32. The summed E-state index contributed by atoms with van der Waals surface area (Å²) in [6.45, 7) is 3.78. The average Bonchev–Trinajstić information content (AvgIpc) is 2.60. The molecule has 7 heteroatoms. The summed E-state index contributed by atoms with van der Waals surface area (Å²) in [5.41, 5.74) is 0.995. The normalized spacial score (nSPS) is 15.9. The largest absolute Gasteiger partial charge is 0.494 e. The van der Waals surface area contributed by atoms with Crippen LogP contribution in [-0.4, -0.2) is 49.4 Å². The molecule has 143 valence electrons. The number of nitrogens with zero attached hydrogens (tertiary/aromatic N) is 1. The van der Waals surface area contributed by atoms with Gasteiger partial charge in [0.15, 0.2) is 6.61 Å². The summed E-state index contributed by atoms with van der Waals surface area (Å²) >= 11 is 0. The molecule has 1 radical (unpaired) electrons. The molecule has 0 atom stereocenters. The zero-order valence-electron chi connectivity index (χ0n) is 15.4. The molecule has 0 aromatic heterocycles. The van der Waals surface area contributed by atoms with E-state index in [1.165, 1.54) is 6.92 Å². The maximum Gasteiger partial charge on any atom is 0.303 e. The van der Waals surface area contributed by atoms with Crippen molar-refractivity contribution in [3.63, 3.8) is 0 Å². The summed E-state index contributed by atoms with van der Waals surface area (Å²) in [4.78, 5) is 22.0. The number of amides is 1. The average molecular weight is 364 g/mol. The van der Waals surface area contributed by atoms with Crippen LogP contribution in [0.1, 0.15) is 38.2 Å². The van der Waals surface area contributed by atoms with E-state index in [1.54, 1.807) is 0 Å². The molecule has 7 nitrogen and oxygen atoms in total. The molecule has 2 rings (SSSR count). The number of likely N-dealkylation sites (tertiary alicyclic amines) is 1. The molecule has 0 saturated carbocycles. The van der Waals surface area contributed by atoms with E-state index >= 15 is 0 Å². The van der Waals surface area contributed by atoms with Gasteiger partial charge in [-0.15, -0.1) is 4.65 Å². The Balaban J connectivity index is 1.68. The van der Waals surface area contributed by atoms with Gasteiger partial charge in [0.1, 0.15) is 25.4 Å². The van der Waals surface area contributed by atoms with Crippen molar-refractivity contribution in [2.24, 2.45) is 0 Å². The molecule has 1 aliphatic heterocycles. The highest BCUT2D eigenvalue weighted by Gasteiger charge is 2.31. The SMILES string of the molecule is CC(=O)OCC(=O)NCCCOc1cccc(C[N+]2([O])CCCCC2)c1. The molecular formula is C19H28N2O5+. The molecule has 26 heavy (non-hydrogen) atoms. The highest BCUT2D eigenvalue weighted by atomic mass is 16.5. The summed E-state index contributed by atoms with van der Waals surface area (Å²) in [7, 11) is 0. The van der Waals surface area contributed by atoms with Gasteiger partial charge in [-0.25, -0.2) is 0 Å². The number of carbonyl (C=O) groups is 2. The van der Waals surface area contributed by atoms with Gasteiger partial charge in [-0.2, -0.15) is 0 Å². The first kappa shape index (κ1) is 20.2. The number of hydroxylamine groups is 3. The van der Waals surface area contributed by atoms with Gasteiger partial charge in [0.2, 0.25) is 0 Å². The topological polar surface area (TPSA) is 84.5 Å². The van der Waals surface area contributed by atoms with Crippen molar-refractivity contribution in [3.8, 4) is 5.75 Å². The first-order valence-electron chi connectivity index (χ1n) is 9.16. The fourth-order valence-corrected chi connectivity index (χ4v) is 3.02. The molecule has 0 unspecified atom stereocenters. The van der Waals surface area contributed by atoms with Crippen LogP contribution in [0.25, 0.3) is 0 Å². The van der Waals surface area contributed by atoms with Gasteiger partial charge in [-0.1, -0.05) is 12.1 Å². The van der Waals surface area contributed by atoms with E-state index in [9.17, 15) is 14.8 Å². The first-order valence-corrected chi connectivity index (χ1v) is 9.16. The summed E-state index contributed by atoms with van der Waals surface area (Å²) in [6, 6.07) is 7.66. The molecule has 1 amide bonds. The number of esters is 1. The zero-order valence-corrected chi connectivity index (χ0v) is 15.4. The van der Waals surface area contributed by atoms with Gasteiger partial charge < -0.3 is 14.8 Å². The fraction of sp³-hybridized carbons (Fsp3) is 0.579. The summed E-state index contributed by atoms with van der Waals surface area (Å²) in [6.07, 6.45) is 3.80. The predicted molar refractivity (Wildman–Crippen MR) is 94.4 cm³/mol. The third kappa shape index (κ3) is 7.41. The lowest BCUT2D eigenvalue weighted by atomic mass is 10.1. The molecule has 1 N–H and O–H groups in total. The second-order valence-corrected chi connectivity index (χ2v) is 6.70. The van der Waals surface area contributed by atoms with E-state index in [0.29, 0.717) is 39.2 Å². The van der Waals surface area contributed by atoms with Crippen molar-refractivity contribution < 1.29 is 28.9 Å². The van der Waals surface area contributed by atoms with Crippen molar-refractivity contribution in [3.05, 3.63) is 29.8 Å². The molecule has 0 spiro atoms. The minimum Gasteiger partial charge on any atom is -0.494 e. The van der Waals surface area contributed by atoms with Crippen LogP contribution in [0.15, 0.2) is 24.3 Å². The van der Waals surface area contributed by atoms with Crippen LogP contribution in [0.3, 0.4) is 0 Å².